The molecule has 0 radical (unpaired) electrons. The zero-order valence-electron chi connectivity index (χ0n) is 10.8. The molecule has 0 heterocycles. The van der Waals surface area contributed by atoms with Crippen LogP contribution in [0.25, 0.3) is 11.1 Å². The molecular formula is C15H14F3NO. The molecule has 0 aliphatic heterocycles. The van der Waals surface area contributed by atoms with Gasteiger partial charge in [-0.05, 0) is 35.7 Å². The molecule has 0 aromatic heterocycles. The van der Waals surface area contributed by atoms with E-state index in [1.165, 1.54) is 6.07 Å². The lowest BCUT2D eigenvalue weighted by Crippen LogP contribution is -2.08. The Kier molecular flexibility index (Phi) is 4.11. The van der Waals surface area contributed by atoms with Gasteiger partial charge in [0.2, 0.25) is 0 Å². The Morgan fingerprint density at radius 3 is 2.50 bits per heavy atom. The summed E-state index contributed by atoms with van der Waals surface area (Å²) in [5.74, 6) is 0. The number of hydrogen-bond donors (Lipinski definition) is 2. The minimum absolute atomic E-state index is 0.172. The largest absolute Gasteiger partial charge is 0.416 e. The van der Waals surface area contributed by atoms with E-state index in [2.05, 4.69) is 0 Å². The molecule has 2 aromatic rings. The number of benzene rings is 2. The van der Waals surface area contributed by atoms with E-state index in [1.807, 2.05) is 24.5 Å². The first-order valence-electron chi connectivity index (χ1n) is 6.06. The third kappa shape index (κ3) is 3.18. The Balaban J connectivity index is 2.53. The van der Waals surface area contributed by atoms with Crippen LogP contribution in [0.15, 0.2) is 42.5 Å². The van der Waals surface area contributed by atoms with Crippen molar-refractivity contribution in [3.05, 3.63) is 59.2 Å². The monoisotopic (exact) mass is 281 g/mol. The summed E-state index contributed by atoms with van der Waals surface area (Å²) in [6.07, 6.45) is -4.37. The van der Waals surface area contributed by atoms with Crippen molar-refractivity contribution in [2.24, 2.45) is 0 Å². The summed E-state index contributed by atoms with van der Waals surface area (Å²) < 4.78 is 38.3. The first-order chi connectivity index (χ1) is 9.41. The van der Waals surface area contributed by atoms with Gasteiger partial charge >= 0.3 is 6.18 Å². The molecule has 2 nitrogen and oxygen atoms in total. The van der Waals surface area contributed by atoms with Crippen LogP contribution in [-0.2, 0) is 12.7 Å². The molecule has 0 bridgehead atoms. The Hall–Kier alpha value is -1.85. The summed E-state index contributed by atoms with van der Waals surface area (Å²) in [7, 11) is 0. The van der Waals surface area contributed by atoms with Gasteiger partial charge < -0.3 is 5.21 Å². The summed E-state index contributed by atoms with van der Waals surface area (Å²) in [6, 6.07) is 10.6. The van der Waals surface area contributed by atoms with Gasteiger partial charge in [-0.2, -0.15) is 13.2 Å². The van der Waals surface area contributed by atoms with Crippen LogP contribution in [0.3, 0.4) is 0 Å². The number of aryl methyl sites for hydroxylation is 1. The van der Waals surface area contributed by atoms with Crippen LogP contribution < -0.4 is 5.48 Å². The maximum atomic E-state index is 12.8. The molecule has 0 unspecified atom stereocenters. The van der Waals surface area contributed by atoms with Crippen molar-refractivity contribution in [3.8, 4) is 11.1 Å². The second kappa shape index (κ2) is 5.64. The maximum Gasteiger partial charge on any atom is 0.416 e. The van der Waals surface area contributed by atoms with Crippen molar-refractivity contribution in [2.75, 3.05) is 0 Å². The number of alkyl halides is 3. The van der Waals surface area contributed by atoms with Gasteiger partial charge in [0.1, 0.15) is 0 Å². The Bertz CT molecular complexity index is 608. The molecule has 2 N–H and O–H groups in total. The first kappa shape index (κ1) is 14.6. The standard InChI is InChI=1S/C15H14F3NO/c1-10-5-6-12(9-19-20)14(7-10)11-3-2-4-13(8-11)15(16,17)18/h2-8,19-20H,9H2,1H3. The maximum absolute atomic E-state index is 12.8. The van der Waals surface area contributed by atoms with Crippen molar-refractivity contribution < 1.29 is 18.4 Å². The average molecular weight is 281 g/mol. The summed E-state index contributed by atoms with van der Waals surface area (Å²) in [6.45, 7) is 2.04. The third-order valence-electron chi connectivity index (χ3n) is 3.04. The lowest BCUT2D eigenvalue weighted by molar-refractivity contribution is -0.137. The smallest absolute Gasteiger partial charge is 0.316 e. The molecule has 106 valence electrons. The van der Waals surface area contributed by atoms with Crippen LogP contribution >= 0.6 is 0 Å². The normalized spacial score (nSPS) is 11.7. The second-order valence-corrected chi connectivity index (χ2v) is 4.57. The Morgan fingerprint density at radius 1 is 1.10 bits per heavy atom. The Labute approximate surface area is 114 Å². The van der Waals surface area contributed by atoms with E-state index in [4.69, 9.17) is 5.21 Å². The minimum Gasteiger partial charge on any atom is -0.316 e. The molecule has 0 fully saturated rings. The fourth-order valence-corrected chi connectivity index (χ4v) is 2.06. The molecule has 0 aliphatic rings. The third-order valence-corrected chi connectivity index (χ3v) is 3.04. The van der Waals surface area contributed by atoms with E-state index in [0.717, 1.165) is 23.3 Å². The number of rotatable bonds is 3. The first-order valence-corrected chi connectivity index (χ1v) is 6.06. The van der Waals surface area contributed by atoms with Gasteiger partial charge in [-0.15, -0.1) is 0 Å². The van der Waals surface area contributed by atoms with Crippen molar-refractivity contribution in [1.29, 1.82) is 0 Å². The summed E-state index contributed by atoms with van der Waals surface area (Å²) in [5, 5.41) is 8.81. The van der Waals surface area contributed by atoms with Crippen LogP contribution in [0.1, 0.15) is 16.7 Å². The lowest BCUT2D eigenvalue weighted by atomic mass is 9.96. The van der Waals surface area contributed by atoms with Gasteiger partial charge in [0.15, 0.2) is 0 Å². The Morgan fingerprint density at radius 2 is 1.85 bits per heavy atom. The van der Waals surface area contributed by atoms with Crippen LogP contribution in [0.2, 0.25) is 0 Å². The van der Waals surface area contributed by atoms with Crippen LogP contribution in [0, 0.1) is 6.92 Å². The summed E-state index contributed by atoms with van der Waals surface area (Å²) in [5.41, 5.74) is 4.19. The highest BCUT2D eigenvalue weighted by molar-refractivity contribution is 5.69. The molecule has 20 heavy (non-hydrogen) atoms. The van der Waals surface area contributed by atoms with Crippen LogP contribution in [0.5, 0.6) is 0 Å². The van der Waals surface area contributed by atoms with Crippen LogP contribution in [-0.4, -0.2) is 5.21 Å². The van der Waals surface area contributed by atoms with Crippen molar-refractivity contribution in [1.82, 2.24) is 5.48 Å². The predicted molar refractivity (Wildman–Crippen MR) is 70.2 cm³/mol. The van der Waals surface area contributed by atoms with Crippen molar-refractivity contribution in [2.45, 2.75) is 19.6 Å². The molecule has 2 aromatic carbocycles. The molecule has 0 amide bonds. The van der Waals surface area contributed by atoms with E-state index >= 15 is 0 Å². The van der Waals surface area contributed by atoms with Gasteiger partial charge in [-0.25, -0.2) is 5.48 Å². The topological polar surface area (TPSA) is 32.3 Å². The molecule has 2 rings (SSSR count). The quantitative estimate of drug-likeness (QED) is 0.828. The van der Waals surface area contributed by atoms with Gasteiger partial charge in [0.05, 0.1) is 5.56 Å². The molecular weight excluding hydrogens is 267 g/mol. The van der Waals surface area contributed by atoms with Gasteiger partial charge in [0.25, 0.3) is 0 Å². The van der Waals surface area contributed by atoms with E-state index in [-0.39, 0.29) is 6.54 Å². The van der Waals surface area contributed by atoms with E-state index < -0.39 is 11.7 Å². The highest BCUT2D eigenvalue weighted by atomic mass is 19.4. The second-order valence-electron chi connectivity index (χ2n) is 4.57. The molecule has 0 saturated carbocycles. The molecule has 0 aliphatic carbocycles. The predicted octanol–water partition coefficient (Wildman–Crippen LogP) is 4.16. The number of hydroxylamine groups is 1. The number of halogens is 3. The highest BCUT2D eigenvalue weighted by Crippen LogP contribution is 2.33. The van der Waals surface area contributed by atoms with Crippen LogP contribution in [0.4, 0.5) is 13.2 Å². The van der Waals surface area contributed by atoms with Crippen molar-refractivity contribution >= 4 is 0 Å². The summed E-state index contributed by atoms with van der Waals surface area (Å²) >= 11 is 0. The molecule has 0 atom stereocenters. The number of hydrogen-bond acceptors (Lipinski definition) is 2. The van der Waals surface area contributed by atoms with E-state index in [9.17, 15) is 13.2 Å². The zero-order chi connectivity index (χ0) is 14.8. The molecule has 0 saturated heterocycles. The molecule has 5 heteroatoms. The zero-order valence-corrected chi connectivity index (χ0v) is 10.8. The van der Waals surface area contributed by atoms with Gasteiger partial charge in [-0.3, -0.25) is 0 Å². The van der Waals surface area contributed by atoms with Gasteiger partial charge in [0, 0.05) is 6.54 Å². The SMILES string of the molecule is Cc1ccc(CNO)c(-c2cccc(C(F)(F)F)c2)c1. The summed E-state index contributed by atoms with van der Waals surface area (Å²) in [4.78, 5) is 0. The molecule has 0 spiro atoms. The highest BCUT2D eigenvalue weighted by Gasteiger charge is 2.30. The van der Waals surface area contributed by atoms with E-state index in [1.54, 1.807) is 12.1 Å². The fraction of sp³-hybridized carbons (Fsp3) is 0.200. The van der Waals surface area contributed by atoms with Gasteiger partial charge in [-0.1, -0.05) is 35.9 Å². The van der Waals surface area contributed by atoms with Crippen molar-refractivity contribution in [3.63, 3.8) is 0 Å². The number of nitrogens with one attached hydrogen (secondary N) is 1. The average Bonchev–Trinajstić information content (AvgIpc) is 2.40. The lowest BCUT2D eigenvalue weighted by Gasteiger charge is -2.13. The van der Waals surface area contributed by atoms with E-state index in [0.29, 0.717) is 11.1 Å². The fourth-order valence-electron chi connectivity index (χ4n) is 2.06. The minimum atomic E-state index is -4.37.